The number of hydrogen-bond donors (Lipinski definition) is 1. The van der Waals surface area contributed by atoms with E-state index < -0.39 is 0 Å². The maximum absolute atomic E-state index is 12.5. The summed E-state index contributed by atoms with van der Waals surface area (Å²) in [6, 6.07) is 20.3. The SMILES string of the molecule is CC(=O)NCc1ccccc1.Cc1sc(SCc2ccccc2)c2c1CC(C)(C)CC2=O. The summed E-state index contributed by atoms with van der Waals surface area (Å²) in [5.41, 5.74) is 4.88. The van der Waals surface area contributed by atoms with Crippen LogP contribution >= 0.6 is 23.1 Å². The molecule has 1 aliphatic carbocycles. The predicted octanol–water partition coefficient (Wildman–Crippen LogP) is 6.83. The number of fused-ring (bicyclic) bond motifs is 1. The first-order valence-electron chi connectivity index (χ1n) is 10.9. The van der Waals surface area contributed by atoms with Crippen molar-refractivity contribution in [3.63, 3.8) is 0 Å². The van der Waals surface area contributed by atoms with Gasteiger partial charge in [-0.1, -0.05) is 74.5 Å². The lowest BCUT2D eigenvalue weighted by Crippen LogP contribution is -2.26. The predicted molar refractivity (Wildman–Crippen MR) is 135 cm³/mol. The number of thiophene rings is 1. The number of carbonyl (C=O) groups excluding carboxylic acids is 2. The van der Waals surface area contributed by atoms with Crippen molar-refractivity contribution in [3.05, 3.63) is 87.8 Å². The van der Waals surface area contributed by atoms with Gasteiger partial charge in [0.2, 0.25) is 5.91 Å². The van der Waals surface area contributed by atoms with E-state index in [0.29, 0.717) is 18.7 Å². The van der Waals surface area contributed by atoms with Crippen LogP contribution in [0.2, 0.25) is 0 Å². The Morgan fingerprint density at radius 3 is 2.19 bits per heavy atom. The van der Waals surface area contributed by atoms with Gasteiger partial charge in [0, 0.05) is 36.1 Å². The molecule has 0 bridgehead atoms. The topological polar surface area (TPSA) is 46.2 Å². The summed E-state index contributed by atoms with van der Waals surface area (Å²) in [6.07, 6.45) is 1.71. The first-order valence-corrected chi connectivity index (χ1v) is 12.7. The average Bonchev–Trinajstić information content (AvgIpc) is 3.07. The molecule has 3 nitrogen and oxygen atoms in total. The van der Waals surface area contributed by atoms with E-state index in [0.717, 1.165) is 23.3 Å². The van der Waals surface area contributed by atoms with Crippen molar-refractivity contribution < 1.29 is 9.59 Å². The summed E-state index contributed by atoms with van der Waals surface area (Å²) in [5, 5.41) is 2.72. The Labute approximate surface area is 199 Å². The molecule has 32 heavy (non-hydrogen) atoms. The molecule has 1 heterocycles. The highest BCUT2D eigenvalue weighted by Gasteiger charge is 2.35. The number of Topliss-reactive ketones (excluding diaryl/α,β-unsaturated/α-hetero) is 1. The molecule has 1 amide bonds. The number of nitrogens with one attached hydrogen (secondary N) is 1. The van der Waals surface area contributed by atoms with Crippen LogP contribution in [0, 0.1) is 12.3 Å². The van der Waals surface area contributed by atoms with Crippen LogP contribution < -0.4 is 5.32 Å². The van der Waals surface area contributed by atoms with Crippen molar-refractivity contribution >= 4 is 34.8 Å². The molecule has 0 fully saturated rings. The monoisotopic (exact) mass is 465 g/mol. The number of aryl methyl sites for hydroxylation is 1. The number of amides is 1. The molecule has 4 rings (SSSR count). The van der Waals surface area contributed by atoms with E-state index in [-0.39, 0.29) is 11.3 Å². The average molecular weight is 466 g/mol. The third-order valence-corrected chi connectivity index (χ3v) is 7.84. The molecule has 0 radical (unpaired) electrons. The zero-order valence-corrected chi connectivity index (χ0v) is 20.9. The molecule has 1 aromatic heterocycles. The number of thioether (sulfide) groups is 1. The molecule has 3 aromatic rings. The summed E-state index contributed by atoms with van der Waals surface area (Å²) in [7, 11) is 0. The van der Waals surface area contributed by atoms with Gasteiger partial charge in [-0.05, 0) is 35.4 Å². The molecule has 0 atom stereocenters. The largest absolute Gasteiger partial charge is 0.352 e. The van der Waals surface area contributed by atoms with Crippen LogP contribution in [0.15, 0.2) is 64.9 Å². The summed E-state index contributed by atoms with van der Waals surface area (Å²) in [5.74, 6) is 1.28. The molecule has 1 N–H and O–H groups in total. The van der Waals surface area contributed by atoms with Gasteiger partial charge in [-0.15, -0.1) is 23.1 Å². The fraction of sp³-hybridized carbons (Fsp3) is 0.333. The summed E-state index contributed by atoms with van der Waals surface area (Å²) < 4.78 is 1.21. The Morgan fingerprint density at radius 1 is 1.00 bits per heavy atom. The molecular formula is C27H31NO2S2. The number of rotatable bonds is 5. The third kappa shape index (κ3) is 6.81. The normalized spacial score (nSPS) is 14.2. The minimum atomic E-state index is 0.00820. The molecule has 1 aliphatic rings. The van der Waals surface area contributed by atoms with Crippen LogP contribution in [0.4, 0.5) is 0 Å². The number of benzene rings is 2. The van der Waals surface area contributed by atoms with Gasteiger partial charge < -0.3 is 5.32 Å². The quantitative estimate of drug-likeness (QED) is 0.420. The Hall–Kier alpha value is -2.37. The maximum atomic E-state index is 12.5. The molecule has 0 unspecified atom stereocenters. The Balaban J connectivity index is 0.000000222. The van der Waals surface area contributed by atoms with Crippen molar-refractivity contribution in [1.29, 1.82) is 0 Å². The Morgan fingerprint density at radius 2 is 1.59 bits per heavy atom. The molecule has 5 heteroatoms. The summed E-state index contributed by atoms with van der Waals surface area (Å²) >= 11 is 3.61. The standard InChI is InChI=1S/C18H20OS2.C9H11NO/c1-12-14-9-18(2,3)10-15(19)16(14)17(21-12)20-11-13-7-5-4-6-8-13;1-8(11)10-7-9-5-3-2-4-6-9/h4-8H,9-11H2,1-3H3;2-6H,7H2,1H3,(H,10,11). The van der Waals surface area contributed by atoms with Crippen molar-refractivity contribution in [2.75, 3.05) is 0 Å². The second-order valence-corrected chi connectivity index (χ2v) is 11.4. The highest BCUT2D eigenvalue weighted by molar-refractivity contribution is 8.00. The number of hydrogen-bond acceptors (Lipinski definition) is 4. The van der Waals surface area contributed by atoms with Gasteiger partial charge >= 0.3 is 0 Å². The molecule has 0 spiro atoms. The van der Waals surface area contributed by atoms with Gasteiger partial charge in [-0.2, -0.15) is 0 Å². The van der Waals surface area contributed by atoms with E-state index in [1.54, 1.807) is 11.3 Å². The highest BCUT2D eigenvalue weighted by Crippen LogP contribution is 2.45. The smallest absolute Gasteiger partial charge is 0.217 e. The fourth-order valence-corrected chi connectivity index (χ4v) is 6.33. The van der Waals surface area contributed by atoms with Crippen molar-refractivity contribution in [1.82, 2.24) is 5.32 Å². The van der Waals surface area contributed by atoms with E-state index in [1.165, 1.54) is 27.1 Å². The van der Waals surface area contributed by atoms with Crippen molar-refractivity contribution in [2.45, 2.75) is 57.0 Å². The lowest BCUT2D eigenvalue weighted by molar-refractivity contribution is -0.119. The maximum Gasteiger partial charge on any atom is 0.217 e. The van der Waals surface area contributed by atoms with E-state index in [9.17, 15) is 9.59 Å². The van der Waals surface area contributed by atoms with Crippen molar-refractivity contribution in [2.24, 2.45) is 5.41 Å². The minimum absolute atomic E-state index is 0.00820. The minimum Gasteiger partial charge on any atom is -0.352 e. The summed E-state index contributed by atoms with van der Waals surface area (Å²) in [4.78, 5) is 24.4. The lowest BCUT2D eigenvalue weighted by atomic mass is 9.74. The van der Waals surface area contributed by atoms with Gasteiger partial charge in [0.25, 0.3) is 0 Å². The third-order valence-electron chi connectivity index (χ3n) is 5.35. The van der Waals surface area contributed by atoms with Crippen LogP contribution in [0.3, 0.4) is 0 Å². The molecule has 0 aliphatic heterocycles. The van der Waals surface area contributed by atoms with Crippen molar-refractivity contribution in [3.8, 4) is 0 Å². The van der Waals surface area contributed by atoms with Crippen LogP contribution in [-0.2, 0) is 23.5 Å². The number of ketones is 1. The number of carbonyl (C=O) groups is 2. The molecular weight excluding hydrogens is 434 g/mol. The van der Waals surface area contributed by atoms with Gasteiger partial charge in [-0.3, -0.25) is 9.59 Å². The van der Waals surface area contributed by atoms with Crippen LogP contribution in [0.5, 0.6) is 0 Å². The lowest BCUT2D eigenvalue weighted by Gasteiger charge is -2.29. The fourth-order valence-electron chi connectivity index (χ4n) is 3.76. The van der Waals surface area contributed by atoms with E-state index in [2.05, 4.69) is 50.4 Å². The Kier molecular flexibility index (Phi) is 8.32. The van der Waals surface area contributed by atoms with E-state index in [4.69, 9.17) is 0 Å². The molecule has 0 saturated carbocycles. The highest BCUT2D eigenvalue weighted by atomic mass is 32.2. The first-order chi connectivity index (χ1) is 15.2. The second kappa shape index (κ2) is 11.0. The van der Waals surface area contributed by atoms with Gasteiger partial charge in [0.15, 0.2) is 5.78 Å². The van der Waals surface area contributed by atoms with Crippen LogP contribution in [0.1, 0.15) is 59.1 Å². The molecule has 168 valence electrons. The van der Waals surface area contributed by atoms with Gasteiger partial charge in [0.05, 0.1) is 4.21 Å². The van der Waals surface area contributed by atoms with Gasteiger partial charge in [-0.25, -0.2) is 0 Å². The zero-order chi connectivity index (χ0) is 23.1. The molecule has 0 saturated heterocycles. The van der Waals surface area contributed by atoms with Gasteiger partial charge in [0.1, 0.15) is 0 Å². The second-order valence-electron chi connectivity index (χ2n) is 8.91. The zero-order valence-electron chi connectivity index (χ0n) is 19.2. The molecule has 2 aromatic carbocycles. The van der Waals surface area contributed by atoms with Crippen LogP contribution in [0.25, 0.3) is 0 Å². The van der Waals surface area contributed by atoms with E-state index >= 15 is 0 Å². The first kappa shape index (κ1) is 24.3. The summed E-state index contributed by atoms with van der Waals surface area (Å²) in [6.45, 7) is 8.69. The van der Waals surface area contributed by atoms with Crippen LogP contribution in [-0.4, -0.2) is 11.7 Å². The Bertz CT molecular complexity index is 1060. The van der Waals surface area contributed by atoms with E-state index in [1.807, 2.05) is 48.2 Å².